The Hall–Kier alpha value is -1.22. The summed E-state index contributed by atoms with van der Waals surface area (Å²) in [4.78, 5) is 24.2. The van der Waals surface area contributed by atoms with Crippen molar-refractivity contribution in [3.63, 3.8) is 0 Å². The fourth-order valence-electron chi connectivity index (χ4n) is 2.88. The van der Waals surface area contributed by atoms with E-state index < -0.39 is 12.2 Å². The van der Waals surface area contributed by atoms with Crippen molar-refractivity contribution in [1.29, 1.82) is 0 Å². The number of carbonyl (C=O) groups excluding carboxylic acids is 2. The second-order valence-electron chi connectivity index (χ2n) is 6.73. The van der Waals surface area contributed by atoms with Gasteiger partial charge in [-0.3, -0.25) is 9.59 Å². The molecule has 0 fully saturated rings. The number of hydrogen-bond donors (Lipinski definition) is 0. The first-order valence-electron chi connectivity index (χ1n) is 10.1. The molecule has 0 saturated heterocycles. The van der Waals surface area contributed by atoms with E-state index in [1.165, 1.54) is 50.7 Å². The summed E-state index contributed by atoms with van der Waals surface area (Å²) in [5.74, 6) is -0.244. The molecular formula is C22H38O3. The molecule has 2 atom stereocenters. The number of ether oxygens (including phenoxy) is 1. The lowest BCUT2D eigenvalue weighted by Gasteiger charge is -2.22. The van der Waals surface area contributed by atoms with Gasteiger partial charge in [0, 0.05) is 0 Å². The lowest BCUT2D eigenvalue weighted by atomic mass is 10.0. The SMILES string of the molecule is C=CC(=O)C(CCCCCCC)OC(CCCCCCC)C(=O)C=C. The van der Waals surface area contributed by atoms with Gasteiger partial charge in [0.25, 0.3) is 0 Å². The summed E-state index contributed by atoms with van der Waals surface area (Å²) in [5.41, 5.74) is 0. The zero-order valence-electron chi connectivity index (χ0n) is 16.4. The van der Waals surface area contributed by atoms with E-state index in [1.54, 1.807) is 0 Å². The fraction of sp³-hybridized carbons (Fsp3) is 0.727. The quantitative estimate of drug-likeness (QED) is 0.226. The summed E-state index contributed by atoms with van der Waals surface area (Å²) in [6.07, 6.45) is 14.1. The van der Waals surface area contributed by atoms with Gasteiger partial charge in [0.15, 0.2) is 11.6 Å². The van der Waals surface area contributed by atoms with Crippen LogP contribution in [0.4, 0.5) is 0 Å². The van der Waals surface area contributed by atoms with Crippen molar-refractivity contribution in [2.75, 3.05) is 0 Å². The smallest absolute Gasteiger partial charge is 0.183 e. The van der Waals surface area contributed by atoms with E-state index in [1.807, 2.05) is 0 Å². The molecule has 0 aromatic carbocycles. The maximum atomic E-state index is 12.1. The van der Waals surface area contributed by atoms with Crippen molar-refractivity contribution >= 4 is 11.6 Å². The first kappa shape index (κ1) is 23.8. The van der Waals surface area contributed by atoms with Crippen LogP contribution in [-0.2, 0) is 14.3 Å². The van der Waals surface area contributed by atoms with E-state index in [0.29, 0.717) is 12.8 Å². The van der Waals surface area contributed by atoms with Crippen LogP contribution in [0.5, 0.6) is 0 Å². The summed E-state index contributed by atoms with van der Waals surface area (Å²) in [5, 5.41) is 0. The first-order chi connectivity index (χ1) is 12.1. The molecule has 0 aromatic heterocycles. The highest BCUT2D eigenvalue weighted by Crippen LogP contribution is 2.17. The molecule has 0 heterocycles. The van der Waals surface area contributed by atoms with Crippen molar-refractivity contribution in [1.82, 2.24) is 0 Å². The Labute approximate surface area is 154 Å². The van der Waals surface area contributed by atoms with Crippen molar-refractivity contribution < 1.29 is 14.3 Å². The van der Waals surface area contributed by atoms with Gasteiger partial charge >= 0.3 is 0 Å². The van der Waals surface area contributed by atoms with E-state index in [9.17, 15) is 9.59 Å². The summed E-state index contributed by atoms with van der Waals surface area (Å²) in [7, 11) is 0. The van der Waals surface area contributed by atoms with Crippen LogP contribution < -0.4 is 0 Å². The molecule has 3 heteroatoms. The molecule has 0 aliphatic carbocycles. The summed E-state index contributed by atoms with van der Waals surface area (Å²) in [6, 6.07) is 0. The monoisotopic (exact) mass is 350 g/mol. The number of ketones is 2. The molecule has 0 N–H and O–H groups in total. The van der Waals surface area contributed by atoms with Gasteiger partial charge in [-0.25, -0.2) is 0 Å². The van der Waals surface area contributed by atoms with Gasteiger partial charge in [-0.1, -0.05) is 91.2 Å². The number of carbonyl (C=O) groups is 2. The molecule has 0 saturated carbocycles. The fourth-order valence-corrected chi connectivity index (χ4v) is 2.88. The van der Waals surface area contributed by atoms with E-state index in [2.05, 4.69) is 27.0 Å². The van der Waals surface area contributed by atoms with Gasteiger partial charge in [-0.2, -0.15) is 0 Å². The summed E-state index contributed by atoms with van der Waals surface area (Å²) < 4.78 is 5.93. The molecule has 0 aliphatic rings. The molecule has 25 heavy (non-hydrogen) atoms. The van der Waals surface area contributed by atoms with Gasteiger partial charge < -0.3 is 4.74 Å². The third-order valence-corrected chi connectivity index (χ3v) is 4.51. The van der Waals surface area contributed by atoms with E-state index >= 15 is 0 Å². The average Bonchev–Trinajstić information content (AvgIpc) is 2.63. The Morgan fingerprint density at radius 2 is 1.08 bits per heavy atom. The van der Waals surface area contributed by atoms with E-state index in [4.69, 9.17) is 4.74 Å². The Balaban J connectivity index is 4.55. The zero-order chi connectivity index (χ0) is 18.9. The van der Waals surface area contributed by atoms with E-state index in [-0.39, 0.29) is 11.6 Å². The van der Waals surface area contributed by atoms with Gasteiger partial charge in [0.2, 0.25) is 0 Å². The third kappa shape index (κ3) is 11.9. The molecule has 0 aromatic rings. The Morgan fingerprint density at radius 1 is 0.720 bits per heavy atom. The number of rotatable bonds is 18. The van der Waals surface area contributed by atoms with Crippen LogP contribution in [0.2, 0.25) is 0 Å². The standard InChI is InChI=1S/C22H38O3/c1-5-9-11-13-15-17-21(19(23)7-3)25-22(20(24)8-4)18-16-14-12-10-6-2/h7-8,21-22H,3-6,9-18H2,1-2H3. The normalized spacial score (nSPS) is 13.2. The third-order valence-electron chi connectivity index (χ3n) is 4.51. The highest BCUT2D eigenvalue weighted by atomic mass is 16.5. The molecular weight excluding hydrogens is 312 g/mol. The van der Waals surface area contributed by atoms with Crippen LogP contribution in [0, 0.1) is 0 Å². The van der Waals surface area contributed by atoms with Gasteiger partial charge in [-0.05, 0) is 25.0 Å². The van der Waals surface area contributed by atoms with Gasteiger partial charge in [0.1, 0.15) is 12.2 Å². The van der Waals surface area contributed by atoms with Crippen LogP contribution in [0.25, 0.3) is 0 Å². The maximum Gasteiger partial charge on any atom is 0.183 e. The Morgan fingerprint density at radius 3 is 1.40 bits per heavy atom. The van der Waals surface area contributed by atoms with Crippen LogP contribution >= 0.6 is 0 Å². The van der Waals surface area contributed by atoms with Gasteiger partial charge in [0.05, 0.1) is 0 Å². The average molecular weight is 351 g/mol. The second-order valence-corrected chi connectivity index (χ2v) is 6.73. The second kappa shape index (κ2) is 16.3. The minimum atomic E-state index is -0.552. The zero-order valence-corrected chi connectivity index (χ0v) is 16.4. The van der Waals surface area contributed by atoms with Crippen molar-refractivity contribution in [2.24, 2.45) is 0 Å². The molecule has 0 bridgehead atoms. The van der Waals surface area contributed by atoms with Crippen LogP contribution in [0.15, 0.2) is 25.3 Å². The molecule has 3 nitrogen and oxygen atoms in total. The molecule has 0 spiro atoms. The molecule has 0 radical (unpaired) electrons. The lowest BCUT2D eigenvalue weighted by molar-refractivity contribution is -0.139. The summed E-state index contributed by atoms with van der Waals surface area (Å²) in [6.45, 7) is 11.5. The van der Waals surface area contributed by atoms with Gasteiger partial charge in [-0.15, -0.1) is 0 Å². The minimum absolute atomic E-state index is 0.122. The van der Waals surface area contributed by atoms with E-state index in [0.717, 1.165) is 25.7 Å². The molecule has 0 rings (SSSR count). The van der Waals surface area contributed by atoms with Crippen LogP contribution in [-0.4, -0.2) is 23.8 Å². The lowest BCUT2D eigenvalue weighted by Crippen LogP contribution is -2.32. The summed E-state index contributed by atoms with van der Waals surface area (Å²) >= 11 is 0. The Kier molecular flexibility index (Phi) is 15.5. The maximum absolute atomic E-state index is 12.1. The minimum Gasteiger partial charge on any atom is -0.359 e. The van der Waals surface area contributed by atoms with Crippen LogP contribution in [0.3, 0.4) is 0 Å². The predicted octanol–water partition coefficient (Wildman–Crippen LogP) is 5.97. The predicted molar refractivity (Wildman–Crippen MR) is 106 cm³/mol. The van der Waals surface area contributed by atoms with Crippen molar-refractivity contribution in [3.8, 4) is 0 Å². The highest BCUT2D eigenvalue weighted by molar-refractivity contribution is 5.95. The Bertz CT molecular complexity index is 351. The highest BCUT2D eigenvalue weighted by Gasteiger charge is 2.24. The van der Waals surface area contributed by atoms with Crippen molar-refractivity contribution in [2.45, 2.75) is 103 Å². The topological polar surface area (TPSA) is 43.4 Å². The molecule has 0 aliphatic heterocycles. The largest absolute Gasteiger partial charge is 0.359 e. The first-order valence-corrected chi connectivity index (χ1v) is 10.1. The van der Waals surface area contributed by atoms with Crippen molar-refractivity contribution in [3.05, 3.63) is 25.3 Å². The molecule has 0 amide bonds. The number of hydrogen-bond acceptors (Lipinski definition) is 3. The van der Waals surface area contributed by atoms with Crippen LogP contribution in [0.1, 0.15) is 90.9 Å². The molecule has 144 valence electrons. The molecule has 2 unspecified atom stereocenters. The number of unbranched alkanes of at least 4 members (excludes halogenated alkanes) is 8.